The molecule has 26 heavy (non-hydrogen) atoms. The van der Waals surface area contributed by atoms with Gasteiger partial charge in [0.25, 0.3) is 5.89 Å². The molecule has 0 N–H and O–H groups in total. The van der Waals surface area contributed by atoms with Gasteiger partial charge in [0.05, 0.1) is 5.56 Å². The smallest absolute Gasteiger partial charge is 0.259 e. The highest BCUT2D eigenvalue weighted by Gasteiger charge is 2.10. The second-order valence-corrected chi connectivity index (χ2v) is 6.19. The minimum absolute atomic E-state index is 0.476. The Morgan fingerprint density at radius 2 is 1.50 bits per heavy atom. The van der Waals surface area contributed by atoms with Crippen LogP contribution < -0.4 is 0 Å². The SMILES string of the molecule is CCCc1ccc(-c2ccc(-c3noc(-c4cccnc4)n3)cc2)cc1. The first-order valence-corrected chi connectivity index (χ1v) is 8.77. The third-order valence-electron chi connectivity index (χ3n) is 4.30. The fraction of sp³-hybridized carbons (Fsp3) is 0.136. The quantitative estimate of drug-likeness (QED) is 0.486. The van der Waals surface area contributed by atoms with Gasteiger partial charge in [-0.1, -0.05) is 67.0 Å². The lowest BCUT2D eigenvalue weighted by Crippen LogP contribution is -1.85. The van der Waals surface area contributed by atoms with Gasteiger partial charge in [0.1, 0.15) is 0 Å². The molecule has 2 aromatic heterocycles. The fourth-order valence-electron chi connectivity index (χ4n) is 2.91. The summed E-state index contributed by atoms with van der Waals surface area (Å²) >= 11 is 0. The second-order valence-electron chi connectivity index (χ2n) is 6.19. The van der Waals surface area contributed by atoms with Crippen molar-refractivity contribution in [3.63, 3.8) is 0 Å². The molecule has 4 aromatic rings. The summed E-state index contributed by atoms with van der Waals surface area (Å²) in [5, 5.41) is 4.08. The second kappa shape index (κ2) is 7.31. The molecule has 0 aliphatic heterocycles. The Morgan fingerprint density at radius 3 is 2.15 bits per heavy atom. The Labute approximate surface area is 152 Å². The van der Waals surface area contributed by atoms with Crippen molar-refractivity contribution < 1.29 is 4.52 Å². The van der Waals surface area contributed by atoms with Crippen LogP contribution in [0, 0.1) is 0 Å². The van der Waals surface area contributed by atoms with Gasteiger partial charge in [0.15, 0.2) is 0 Å². The summed E-state index contributed by atoms with van der Waals surface area (Å²) in [4.78, 5) is 8.55. The van der Waals surface area contributed by atoms with Gasteiger partial charge in [0, 0.05) is 18.0 Å². The predicted molar refractivity (Wildman–Crippen MR) is 102 cm³/mol. The molecule has 4 rings (SSSR count). The van der Waals surface area contributed by atoms with Gasteiger partial charge in [-0.2, -0.15) is 4.98 Å². The van der Waals surface area contributed by atoms with Crippen LogP contribution in [0.2, 0.25) is 0 Å². The minimum Gasteiger partial charge on any atom is -0.334 e. The number of aryl methyl sites for hydroxylation is 1. The highest BCUT2D eigenvalue weighted by atomic mass is 16.5. The number of aromatic nitrogens is 3. The van der Waals surface area contributed by atoms with E-state index in [0.717, 1.165) is 17.5 Å². The number of benzene rings is 2. The molecule has 128 valence electrons. The largest absolute Gasteiger partial charge is 0.334 e. The topological polar surface area (TPSA) is 51.8 Å². The zero-order valence-corrected chi connectivity index (χ0v) is 14.6. The standard InChI is InChI=1S/C22H19N3O/c1-2-4-16-6-8-17(9-7-16)18-10-12-19(13-11-18)21-24-22(26-25-21)20-5-3-14-23-15-20/h3,5-15H,2,4H2,1H3. The Hall–Kier alpha value is -3.27. The van der Waals surface area contributed by atoms with Crippen LogP contribution in [0.1, 0.15) is 18.9 Å². The molecule has 0 aliphatic carbocycles. The lowest BCUT2D eigenvalue weighted by molar-refractivity contribution is 0.432. The van der Waals surface area contributed by atoms with Crippen molar-refractivity contribution in [3.05, 3.63) is 78.6 Å². The van der Waals surface area contributed by atoms with E-state index in [1.54, 1.807) is 12.4 Å². The summed E-state index contributed by atoms with van der Waals surface area (Å²) in [7, 11) is 0. The van der Waals surface area contributed by atoms with Crippen molar-refractivity contribution in [3.8, 4) is 34.0 Å². The Morgan fingerprint density at radius 1 is 0.808 bits per heavy atom. The van der Waals surface area contributed by atoms with Gasteiger partial charge in [-0.25, -0.2) is 0 Å². The molecule has 0 saturated carbocycles. The molecular weight excluding hydrogens is 322 g/mol. The third-order valence-corrected chi connectivity index (χ3v) is 4.30. The molecule has 0 amide bonds. The number of rotatable bonds is 5. The maximum absolute atomic E-state index is 5.36. The van der Waals surface area contributed by atoms with Gasteiger partial charge in [-0.05, 0) is 35.2 Å². The van der Waals surface area contributed by atoms with E-state index in [0.29, 0.717) is 11.7 Å². The van der Waals surface area contributed by atoms with Crippen molar-refractivity contribution in [2.45, 2.75) is 19.8 Å². The average Bonchev–Trinajstić information content (AvgIpc) is 3.20. The van der Waals surface area contributed by atoms with Crippen LogP contribution in [0.4, 0.5) is 0 Å². The molecule has 2 heterocycles. The maximum Gasteiger partial charge on any atom is 0.259 e. The van der Waals surface area contributed by atoms with Crippen LogP contribution >= 0.6 is 0 Å². The van der Waals surface area contributed by atoms with Gasteiger partial charge < -0.3 is 4.52 Å². The first-order chi connectivity index (χ1) is 12.8. The van der Waals surface area contributed by atoms with Crippen LogP contribution in [0.5, 0.6) is 0 Å². The van der Waals surface area contributed by atoms with Crippen molar-refractivity contribution in [1.29, 1.82) is 0 Å². The molecule has 0 radical (unpaired) electrons. The van der Waals surface area contributed by atoms with E-state index in [4.69, 9.17) is 4.52 Å². The molecule has 0 unspecified atom stereocenters. The van der Waals surface area contributed by atoms with E-state index in [1.165, 1.54) is 23.1 Å². The molecule has 0 fully saturated rings. The van der Waals surface area contributed by atoms with Gasteiger partial charge >= 0.3 is 0 Å². The van der Waals surface area contributed by atoms with Crippen LogP contribution in [-0.4, -0.2) is 15.1 Å². The summed E-state index contributed by atoms with van der Waals surface area (Å²) in [6.07, 6.45) is 5.72. The normalized spacial score (nSPS) is 10.8. The summed E-state index contributed by atoms with van der Waals surface area (Å²) in [6, 6.07) is 20.7. The predicted octanol–water partition coefficient (Wildman–Crippen LogP) is 5.42. The summed E-state index contributed by atoms with van der Waals surface area (Å²) in [6.45, 7) is 2.20. The Balaban J connectivity index is 1.55. The highest BCUT2D eigenvalue weighted by Crippen LogP contribution is 2.25. The average molecular weight is 341 g/mol. The number of nitrogens with zero attached hydrogens (tertiary/aromatic N) is 3. The van der Waals surface area contributed by atoms with E-state index in [-0.39, 0.29) is 0 Å². The first kappa shape index (κ1) is 16.2. The van der Waals surface area contributed by atoms with Crippen molar-refractivity contribution in [1.82, 2.24) is 15.1 Å². The van der Waals surface area contributed by atoms with E-state index in [9.17, 15) is 0 Å². The number of hydrogen-bond acceptors (Lipinski definition) is 4. The van der Waals surface area contributed by atoms with Crippen LogP contribution in [0.3, 0.4) is 0 Å². The summed E-state index contributed by atoms with van der Waals surface area (Å²) in [5.74, 6) is 1.05. The molecule has 0 spiro atoms. The lowest BCUT2D eigenvalue weighted by Gasteiger charge is -2.04. The molecule has 0 bridgehead atoms. The monoisotopic (exact) mass is 341 g/mol. The highest BCUT2D eigenvalue weighted by molar-refractivity contribution is 5.68. The van der Waals surface area contributed by atoms with Gasteiger partial charge in [-0.15, -0.1) is 0 Å². The Bertz CT molecular complexity index is 974. The van der Waals surface area contributed by atoms with Crippen molar-refractivity contribution >= 4 is 0 Å². The zero-order chi connectivity index (χ0) is 17.8. The maximum atomic E-state index is 5.36. The Kier molecular flexibility index (Phi) is 4.56. The first-order valence-electron chi connectivity index (χ1n) is 8.77. The number of pyridine rings is 1. The van der Waals surface area contributed by atoms with E-state index < -0.39 is 0 Å². The van der Waals surface area contributed by atoms with E-state index >= 15 is 0 Å². The minimum atomic E-state index is 0.476. The van der Waals surface area contributed by atoms with Gasteiger partial charge in [0.2, 0.25) is 5.82 Å². The molecule has 0 aliphatic rings. The van der Waals surface area contributed by atoms with Crippen LogP contribution in [0.15, 0.2) is 77.6 Å². The number of hydrogen-bond donors (Lipinski definition) is 0. The van der Waals surface area contributed by atoms with E-state index in [1.807, 2.05) is 24.3 Å². The molecule has 4 nitrogen and oxygen atoms in total. The van der Waals surface area contributed by atoms with Gasteiger partial charge in [-0.3, -0.25) is 4.98 Å². The summed E-state index contributed by atoms with van der Waals surface area (Å²) < 4.78 is 5.36. The van der Waals surface area contributed by atoms with Crippen LogP contribution in [-0.2, 0) is 6.42 Å². The van der Waals surface area contributed by atoms with Crippen molar-refractivity contribution in [2.75, 3.05) is 0 Å². The molecule has 4 heteroatoms. The van der Waals surface area contributed by atoms with E-state index in [2.05, 4.69) is 58.4 Å². The molecular formula is C22H19N3O. The lowest BCUT2D eigenvalue weighted by atomic mass is 10.0. The zero-order valence-electron chi connectivity index (χ0n) is 14.6. The summed E-state index contributed by atoms with van der Waals surface area (Å²) in [5.41, 5.74) is 5.50. The van der Waals surface area contributed by atoms with Crippen LogP contribution in [0.25, 0.3) is 34.0 Å². The molecule has 2 aromatic carbocycles. The molecule has 0 saturated heterocycles. The third kappa shape index (κ3) is 3.40. The van der Waals surface area contributed by atoms with Crippen molar-refractivity contribution in [2.24, 2.45) is 0 Å². The molecule has 0 atom stereocenters. The fourth-order valence-corrected chi connectivity index (χ4v) is 2.91.